The van der Waals surface area contributed by atoms with Crippen LogP contribution in [0.4, 0.5) is 14.9 Å². The van der Waals surface area contributed by atoms with Gasteiger partial charge in [0, 0.05) is 11.6 Å². The van der Waals surface area contributed by atoms with Crippen molar-refractivity contribution in [2.75, 3.05) is 11.6 Å². The van der Waals surface area contributed by atoms with Crippen molar-refractivity contribution in [3.05, 3.63) is 64.9 Å². The molecule has 0 spiro atoms. The molecule has 0 bridgehead atoms. The minimum absolute atomic E-state index is 0.266. The molecule has 8 heteroatoms. The lowest BCUT2D eigenvalue weighted by molar-refractivity contribution is -0.132. The summed E-state index contributed by atoms with van der Waals surface area (Å²) >= 11 is 6.42. The van der Waals surface area contributed by atoms with Gasteiger partial charge in [-0.05, 0) is 57.9 Å². The number of amides is 2. The second kappa shape index (κ2) is 9.14. The first-order valence-electron chi connectivity index (χ1n) is 10.2. The van der Waals surface area contributed by atoms with Crippen LogP contribution in [0.3, 0.4) is 0 Å². The van der Waals surface area contributed by atoms with Gasteiger partial charge >= 0.3 is 6.09 Å². The maximum atomic E-state index is 14.8. The Labute approximate surface area is 186 Å². The number of ether oxygens (including phenoxy) is 1. The second-order valence-corrected chi connectivity index (χ2v) is 8.86. The van der Waals surface area contributed by atoms with Crippen molar-refractivity contribution >= 4 is 29.3 Å². The molecule has 166 valence electrons. The number of hydrogen-bond donors (Lipinski definition) is 1. The van der Waals surface area contributed by atoms with E-state index >= 15 is 0 Å². The number of carbonyl (C=O) groups is 2. The molecule has 6 nitrogen and oxygen atoms in total. The number of carbonyl (C=O) groups excluding carboxylic acids is 2. The monoisotopic (exact) mass is 447 g/mol. The first kappa shape index (κ1) is 22.9. The van der Waals surface area contributed by atoms with Crippen LogP contribution in [0.2, 0.25) is 5.02 Å². The highest BCUT2D eigenvalue weighted by molar-refractivity contribution is 6.31. The molecule has 1 unspecified atom stereocenters. The lowest BCUT2D eigenvalue weighted by Gasteiger charge is -2.36. The van der Waals surface area contributed by atoms with Gasteiger partial charge in [-0.3, -0.25) is 14.8 Å². The number of halogens is 2. The Kier molecular flexibility index (Phi) is 6.74. The van der Waals surface area contributed by atoms with Crippen LogP contribution < -0.4 is 10.3 Å². The fourth-order valence-electron chi connectivity index (χ4n) is 3.60. The summed E-state index contributed by atoms with van der Waals surface area (Å²) in [5.74, 6) is -0.823. The van der Waals surface area contributed by atoms with Crippen molar-refractivity contribution < 1.29 is 18.7 Å². The van der Waals surface area contributed by atoms with Gasteiger partial charge in [0.2, 0.25) is 0 Å². The molecule has 31 heavy (non-hydrogen) atoms. The van der Waals surface area contributed by atoms with Gasteiger partial charge in [0.05, 0.1) is 11.7 Å². The first-order chi connectivity index (χ1) is 14.6. The highest BCUT2D eigenvalue weighted by Crippen LogP contribution is 2.40. The maximum absolute atomic E-state index is 14.8. The van der Waals surface area contributed by atoms with Crippen LogP contribution in [0.15, 0.2) is 48.5 Å². The highest BCUT2D eigenvalue weighted by atomic mass is 35.5. The van der Waals surface area contributed by atoms with Crippen LogP contribution in [0.5, 0.6) is 0 Å². The zero-order valence-corrected chi connectivity index (χ0v) is 18.8. The Morgan fingerprint density at radius 1 is 1.16 bits per heavy atom. The largest absolute Gasteiger partial charge is 0.444 e. The number of hydrogen-bond acceptors (Lipinski definition) is 4. The van der Waals surface area contributed by atoms with E-state index in [1.807, 2.05) is 18.2 Å². The molecule has 2 aromatic carbocycles. The molecular formula is C23H27ClFN3O3. The Bertz CT molecular complexity index is 963. The number of rotatable bonds is 4. The van der Waals surface area contributed by atoms with Crippen LogP contribution in [0, 0.1) is 5.82 Å². The van der Waals surface area contributed by atoms with Crippen molar-refractivity contribution in [3.63, 3.8) is 0 Å². The zero-order valence-electron chi connectivity index (χ0n) is 18.1. The molecule has 2 atom stereocenters. The summed E-state index contributed by atoms with van der Waals surface area (Å²) in [6, 6.07) is 12.4. The Morgan fingerprint density at radius 2 is 1.81 bits per heavy atom. The number of alkyl carbamates (subject to hydrolysis) is 1. The lowest BCUT2D eigenvalue weighted by atomic mass is 10.0. The molecule has 1 aliphatic rings. The van der Waals surface area contributed by atoms with Crippen LogP contribution in [0.25, 0.3) is 0 Å². The van der Waals surface area contributed by atoms with Crippen LogP contribution in [-0.4, -0.2) is 35.2 Å². The fraction of sp³-hybridized carbons (Fsp3) is 0.391. The van der Waals surface area contributed by atoms with Crippen molar-refractivity contribution in [1.29, 1.82) is 0 Å². The SMILES string of the molecule is C[C@H](NC(=O)OC(C)(C)C)C(=O)N1CCC(c2ccccc2Cl)N1c1ccccc1F. The van der Waals surface area contributed by atoms with Crippen molar-refractivity contribution in [3.8, 4) is 0 Å². The molecule has 0 aliphatic carbocycles. The van der Waals surface area contributed by atoms with E-state index in [2.05, 4.69) is 5.32 Å². The third-order valence-corrected chi connectivity index (χ3v) is 5.24. The van der Waals surface area contributed by atoms with E-state index in [9.17, 15) is 14.0 Å². The van der Waals surface area contributed by atoms with Crippen LogP contribution in [0.1, 0.15) is 45.7 Å². The van der Waals surface area contributed by atoms with Gasteiger partial charge in [-0.15, -0.1) is 0 Å². The van der Waals surface area contributed by atoms with E-state index in [1.165, 1.54) is 11.1 Å². The molecule has 1 N–H and O–H groups in total. The molecule has 2 aromatic rings. The smallest absolute Gasteiger partial charge is 0.408 e. The maximum Gasteiger partial charge on any atom is 0.408 e. The predicted octanol–water partition coefficient (Wildman–Crippen LogP) is 5.09. The lowest BCUT2D eigenvalue weighted by Crippen LogP contribution is -2.52. The van der Waals surface area contributed by atoms with E-state index in [4.69, 9.17) is 16.3 Å². The molecule has 1 heterocycles. The summed E-state index contributed by atoms with van der Waals surface area (Å²) in [4.78, 5) is 25.4. The number of benzene rings is 2. The van der Waals surface area contributed by atoms with E-state index in [-0.39, 0.29) is 17.6 Å². The minimum atomic E-state index is -0.867. The standard InChI is InChI=1S/C23H27ClFN3O3/c1-15(26-22(30)31-23(2,3)4)21(29)27-14-13-19(16-9-5-6-10-17(16)24)28(27)20-12-8-7-11-18(20)25/h5-12,15,19H,13-14H2,1-4H3,(H,26,30)/t15-,19?/m0/s1. The quantitative estimate of drug-likeness (QED) is 0.709. The van der Waals surface area contributed by atoms with Gasteiger partial charge in [-0.2, -0.15) is 0 Å². The van der Waals surface area contributed by atoms with Gasteiger partial charge in [0.25, 0.3) is 5.91 Å². The van der Waals surface area contributed by atoms with E-state index in [0.717, 1.165) is 5.56 Å². The minimum Gasteiger partial charge on any atom is -0.444 e. The van der Waals surface area contributed by atoms with E-state index in [0.29, 0.717) is 18.0 Å². The average molecular weight is 448 g/mol. The van der Waals surface area contributed by atoms with Crippen molar-refractivity contribution in [1.82, 2.24) is 10.3 Å². The van der Waals surface area contributed by atoms with Gasteiger partial charge in [-0.25, -0.2) is 9.18 Å². The second-order valence-electron chi connectivity index (χ2n) is 8.45. The summed E-state index contributed by atoms with van der Waals surface area (Å²) in [5, 5.41) is 6.21. The third kappa shape index (κ3) is 5.28. The molecule has 1 aliphatic heterocycles. The molecule has 3 rings (SSSR count). The molecule has 0 radical (unpaired) electrons. The number of nitrogens with zero attached hydrogens (tertiary/aromatic N) is 2. The number of hydrazine groups is 1. The fourth-order valence-corrected chi connectivity index (χ4v) is 3.86. The molecule has 1 saturated heterocycles. The molecule has 2 amide bonds. The molecule has 0 aromatic heterocycles. The molecule has 0 saturated carbocycles. The number of anilines is 1. The van der Waals surface area contributed by atoms with Crippen molar-refractivity contribution in [2.45, 2.75) is 51.8 Å². The van der Waals surface area contributed by atoms with Gasteiger partial charge in [-0.1, -0.05) is 41.9 Å². The summed E-state index contributed by atoms with van der Waals surface area (Å²) in [6.45, 7) is 7.16. The van der Waals surface area contributed by atoms with Gasteiger partial charge in [0.1, 0.15) is 17.5 Å². The van der Waals surface area contributed by atoms with E-state index in [1.54, 1.807) is 57.0 Å². The molecular weight excluding hydrogens is 421 g/mol. The Balaban J connectivity index is 1.90. The number of para-hydroxylation sites is 1. The first-order valence-corrected chi connectivity index (χ1v) is 10.6. The average Bonchev–Trinajstić information content (AvgIpc) is 3.11. The van der Waals surface area contributed by atoms with Crippen LogP contribution >= 0.6 is 11.6 Å². The summed E-state index contributed by atoms with van der Waals surface area (Å²) in [5.41, 5.74) is 0.382. The summed E-state index contributed by atoms with van der Waals surface area (Å²) in [7, 11) is 0. The Morgan fingerprint density at radius 3 is 2.45 bits per heavy atom. The van der Waals surface area contributed by atoms with E-state index < -0.39 is 23.6 Å². The number of nitrogens with one attached hydrogen (secondary N) is 1. The van der Waals surface area contributed by atoms with Gasteiger partial charge < -0.3 is 10.1 Å². The molecule has 1 fully saturated rings. The van der Waals surface area contributed by atoms with Crippen molar-refractivity contribution in [2.24, 2.45) is 0 Å². The third-order valence-electron chi connectivity index (χ3n) is 4.89. The summed E-state index contributed by atoms with van der Waals surface area (Å²) < 4.78 is 20.0. The topological polar surface area (TPSA) is 61.9 Å². The normalized spacial score (nSPS) is 17.4. The van der Waals surface area contributed by atoms with Crippen LogP contribution in [-0.2, 0) is 9.53 Å². The summed E-state index contributed by atoms with van der Waals surface area (Å²) in [6.07, 6.45) is -0.129. The Hall–Kier alpha value is -2.80. The predicted molar refractivity (Wildman–Crippen MR) is 118 cm³/mol. The van der Waals surface area contributed by atoms with Gasteiger partial charge in [0.15, 0.2) is 0 Å². The zero-order chi connectivity index (χ0) is 22.8. The highest BCUT2D eigenvalue weighted by Gasteiger charge is 2.40.